The average Bonchev–Trinajstić information content (AvgIpc) is 3.24. The van der Waals surface area contributed by atoms with E-state index < -0.39 is 0 Å². The third-order valence-corrected chi connectivity index (χ3v) is 6.28. The lowest BCUT2D eigenvalue weighted by Crippen LogP contribution is -2.30. The number of ether oxygens (including phenoxy) is 2. The quantitative estimate of drug-likeness (QED) is 0.507. The molecule has 0 unspecified atom stereocenters. The average molecular weight is 452 g/mol. The number of aromatic nitrogens is 5. The Morgan fingerprint density at radius 3 is 2.84 bits per heavy atom. The highest BCUT2D eigenvalue weighted by Crippen LogP contribution is 2.39. The topological polar surface area (TPSA) is 89.7 Å². The molecule has 32 heavy (non-hydrogen) atoms. The van der Waals surface area contributed by atoms with Crippen LogP contribution in [0.1, 0.15) is 12.8 Å². The van der Waals surface area contributed by atoms with Gasteiger partial charge in [0.15, 0.2) is 10.9 Å². The van der Waals surface area contributed by atoms with Crippen LogP contribution in [0.5, 0.6) is 5.75 Å². The van der Waals surface area contributed by atoms with E-state index in [1.165, 1.54) is 0 Å². The third-order valence-electron chi connectivity index (χ3n) is 6.03. The Morgan fingerprint density at radius 2 is 1.97 bits per heavy atom. The number of fused-ring (bicyclic) bond motifs is 4. The summed E-state index contributed by atoms with van der Waals surface area (Å²) in [5.74, 6) is 1.12. The molecule has 2 aliphatic heterocycles. The van der Waals surface area contributed by atoms with Gasteiger partial charge in [-0.3, -0.25) is 0 Å². The van der Waals surface area contributed by atoms with Crippen molar-refractivity contribution in [2.45, 2.75) is 18.9 Å². The maximum Gasteiger partial charge on any atom is 0.222 e. The minimum Gasteiger partial charge on any atom is -0.486 e. The van der Waals surface area contributed by atoms with Crippen LogP contribution in [-0.2, 0) is 4.74 Å². The van der Waals surface area contributed by atoms with Crippen molar-refractivity contribution in [1.29, 1.82) is 0 Å². The number of para-hydroxylation sites is 1. The van der Waals surface area contributed by atoms with Crippen LogP contribution in [0.2, 0.25) is 5.15 Å². The SMILES string of the molecule is CN1CCOc2c1c(Cl)nn1c(-c3ccc4cccc(NC5CCOCC5)c4n3)nnc21. The second-order valence-corrected chi connectivity index (χ2v) is 8.46. The second kappa shape index (κ2) is 7.75. The molecule has 1 aromatic carbocycles. The Balaban J connectivity index is 1.45. The Labute approximate surface area is 189 Å². The van der Waals surface area contributed by atoms with Gasteiger partial charge in [-0.15, -0.1) is 15.3 Å². The number of nitrogens with zero attached hydrogens (tertiary/aromatic N) is 6. The molecule has 0 bridgehead atoms. The van der Waals surface area contributed by atoms with Gasteiger partial charge in [-0.05, 0) is 25.0 Å². The number of halogens is 1. The van der Waals surface area contributed by atoms with Crippen molar-refractivity contribution in [3.63, 3.8) is 0 Å². The number of anilines is 2. The highest BCUT2D eigenvalue weighted by atomic mass is 35.5. The first-order valence-electron chi connectivity index (χ1n) is 10.7. The van der Waals surface area contributed by atoms with E-state index in [2.05, 4.69) is 32.7 Å². The van der Waals surface area contributed by atoms with Crippen LogP contribution in [0.3, 0.4) is 0 Å². The van der Waals surface area contributed by atoms with Crippen molar-refractivity contribution >= 4 is 39.5 Å². The van der Waals surface area contributed by atoms with Gasteiger partial charge in [0.2, 0.25) is 11.5 Å². The molecule has 0 atom stereocenters. The summed E-state index contributed by atoms with van der Waals surface area (Å²) in [6.07, 6.45) is 1.96. The van der Waals surface area contributed by atoms with Crippen LogP contribution < -0.4 is 15.0 Å². The molecule has 6 rings (SSSR count). The van der Waals surface area contributed by atoms with E-state index in [0.717, 1.165) is 54.9 Å². The van der Waals surface area contributed by atoms with Crippen molar-refractivity contribution in [3.05, 3.63) is 35.5 Å². The van der Waals surface area contributed by atoms with Gasteiger partial charge in [0.25, 0.3) is 0 Å². The maximum atomic E-state index is 6.51. The normalized spacial score (nSPS) is 16.9. The number of nitrogens with one attached hydrogen (secondary N) is 1. The highest BCUT2D eigenvalue weighted by molar-refractivity contribution is 6.32. The molecule has 0 aliphatic carbocycles. The summed E-state index contributed by atoms with van der Waals surface area (Å²) in [7, 11) is 1.96. The van der Waals surface area contributed by atoms with Gasteiger partial charge in [0, 0.05) is 31.7 Å². The van der Waals surface area contributed by atoms with E-state index in [-0.39, 0.29) is 0 Å². The summed E-state index contributed by atoms with van der Waals surface area (Å²) < 4.78 is 13.0. The Morgan fingerprint density at radius 1 is 1.09 bits per heavy atom. The van der Waals surface area contributed by atoms with Crippen LogP contribution in [0.15, 0.2) is 30.3 Å². The molecule has 3 aromatic heterocycles. The molecule has 1 fully saturated rings. The summed E-state index contributed by atoms with van der Waals surface area (Å²) in [5, 5.41) is 18.3. The van der Waals surface area contributed by atoms with E-state index in [9.17, 15) is 0 Å². The lowest BCUT2D eigenvalue weighted by Gasteiger charge is -2.27. The van der Waals surface area contributed by atoms with Gasteiger partial charge >= 0.3 is 0 Å². The van der Waals surface area contributed by atoms with Gasteiger partial charge in [0.1, 0.15) is 18.0 Å². The summed E-state index contributed by atoms with van der Waals surface area (Å²) >= 11 is 6.51. The van der Waals surface area contributed by atoms with Crippen molar-refractivity contribution < 1.29 is 9.47 Å². The number of rotatable bonds is 3. The zero-order valence-corrected chi connectivity index (χ0v) is 18.3. The first-order chi connectivity index (χ1) is 15.7. The van der Waals surface area contributed by atoms with Crippen LogP contribution in [0, 0.1) is 0 Å². The molecule has 1 saturated heterocycles. The first-order valence-corrected chi connectivity index (χ1v) is 11.1. The molecule has 0 saturated carbocycles. The second-order valence-electron chi connectivity index (χ2n) is 8.10. The van der Waals surface area contributed by atoms with Gasteiger partial charge < -0.3 is 19.7 Å². The molecule has 9 nitrogen and oxygen atoms in total. The minimum absolute atomic E-state index is 0.346. The fraction of sp³-hybridized carbons (Fsp3) is 0.364. The largest absolute Gasteiger partial charge is 0.486 e. The predicted octanol–water partition coefficient (Wildman–Crippen LogP) is 3.41. The summed E-state index contributed by atoms with van der Waals surface area (Å²) in [5.41, 5.74) is 3.81. The third kappa shape index (κ3) is 3.20. The van der Waals surface area contributed by atoms with E-state index in [4.69, 9.17) is 26.1 Å². The number of benzene rings is 1. The standard InChI is InChI=1S/C22H22ClN7O2/c1-29-9-12-32-19-18(29)20(23)28-30-21(26-27-22(19)30)16-6-5-13-3-2-4-15(17(13)25-16)24-14-7-10-31-11-8-14/h2-6,14,24H,7-12H2,1H3. The molecule has 1 N–H and O–H groups in total. The van der Waals surface area contributed by atoms with Crippen molar-refractivity contribution in [2.24, 2.45) is 0 Å². The number of hydrogen-bond donors (Lipinski definition) is 1. The van der Waals surface area contributed by atoms with E-state index in [1.807, 2.05) is 30.1 Å². The molecule has 10 heteroatoms. The molecular formula is C22H22ClN7O2. The number of likely N-dealkylation sites (N-methyl/N-ethyl adjacent to an activating group) is 1. The molecule has 2 aliphatic rings. The molecule has 164 valence electrons. The zero-order valence-electron chi connectivity index (χ0n) is 17.6. The molecule has 0 radical (unpaired) electrons. The van der Waals surface area contributed by atoms with Crippen molar-refractivity contribution in [3.8, 4) is 17.3 Å². The fourth-order valence-corrected chi connectivity index (χ4v) is 4.63. The van der Waals surface area contributed by atoms with Crippen molar-refractivity contribution in [2.75, 3.05) is 43.6 Å². The first kappa shape index (κ1) is 19.5. The molecule has 4 aromatic rings. The summed E-state index contributed by atoms with van der Waals surface area (Å²) in [6, 6.07) is 10.5. The molecular weight excluding hydrogens is 430 g/mol. The molecule has 0 spiro atoms. The smallest absolute Gasteiger partial charge is 0.222 e. The van der Waals surface area contributed by atoms with Crippen LogP contribution >= 0.6 is 11.6 Å². The zero-order chi connectivity index (χ0) is 21.7. The lowest BCUT2D eigenvalue weighted by molar-refractivity contribution is 0.0905. The van der Waals surface area contributed by atoms with Crippen molar-refractivity contribution in [1.82, 2.24) is 24.8 Å². The Bertz CT molecular complexity index is 1320. The Hall–Kier alpha value is -3.17. The number of pyridine rings is 1. The van der Waals surface area contributed by atoms with E-state index in [0.29, 0.717) is 40.7 Å². The highest BCUT2D eigenvalue weighted by Gasteiger charge is 2.26. The van der Waals surface area contributed by atoms with Crippen LogP contribution in [0.4, 0.5) is 11.4 Å². The lowest BCUT2D eigenvalue weighted by atomic mass is 10.1. The predicted molar refractivity (Wildman–Crippen MR) is 123 cm³/mol. The maximum absolute atomic E-state index is 6.51. The molecule has 5 heterocycles. The Kier molecular flexibility index (Phi) is 4.73. The van der Waals surface area contributed by atoms with Crippen LogP contribution in [-0.4, -0.2) is 64.3 Å². The van der Waals surface area contributed by atoms with Gasteiger partial charge in [-0.2, -0.15) is 4.52 Å². The fourth-order valence-electron chi connectivity index (χ4n) is 4.32. The van der Waals surface area contributed by atoms with Gasteiger partial charge in [0.05, 0.1) is 17.7 Å². The summed E-state index contributed by atoms with van der Waals surface area (Å²) in [4.78, 5) is 6.96. The minimum atomic E-state index is 0.346. The van der Waals surface area contributed by atoms with E-state index in [1.54, 1.807) is 4.52 Å². The van der Waals surface area contributed by atoms with Gasteiger partial charge in [-0.1, -0.05) is 29.8 Å². The summed E-state index contributed by atoms with van der Waals surface area (Å²) in [6.45, 7) is 2.85. The monoisotopic (exact) mass is 451 g/mol. The van der Waals surface area contributed by atoms with Gasteiger partial charge in [-0.25, -0.2) is 4.98 Å². The number of hydrogen-bond acceptors (Lipinski definition) is 8. The molecule has 0 amide bonds. The van der Waals surface area contributed by atoms with Crippen LogP contribution in [0.25, 0.3) is 28.1 Å². The van der Waals surface area contributed by atoms with E-state index >= 15 is 0 Å².